The summed E-state index contributed by atoms with van der Waals surface area (Å²) in [5.41, 5.74) is 2.75. The van der Waals surface area contributed by atoms with Gasteiger partial charge >= 0.3 is 0 Å². The number of hydrogen-bond donors (Lipinski definition) is 0. The van der Waals surface area contributed by atoms with Crippen LogP contribution in [0.15, 0.2) is 70.1 Å². The van der Waals surface area contributed by atoms with Crippen molar-refractivity contribution >= 4 is 28.5 Å². The molecule has 0 N–H and O–H groups in total. The van der Waals surface area contributed by atoms with Crippen molar-refractivity contribution in [2.45, 2.75) is 19.5 Å². The third kappa shape index (κ3) is 3.24. The Kier molecular flexibility index (Phi) is 4.94. The topological polar surface area (TPSA) is 72.6 Å². The summed E-state index contributed by atoms with van der Waals surface area (Å²) in [6, 6.07) is 13.7. The molecule has 0 fully saturated rings. The normalized spacial score (nSPS) is 15.3. The summed E-state index contributed by atoms with van der Waals surface area (Å²) in [5.74, 6) is 0.345. The lowest BCUT2D eigenvalue weighted by Gasteiger charge is -2.25. The largest absolute Gasteiger partial charge is 0.497 e. The summed E-state index contributed by atoms with van der Waals surface area (Å²) in [6.45, 7) is 2.10. The van der Waals surface area contributed by atoms with Crippen LogP contribution in [0.1, 0.15) is 38.9 Å². The van der Waals surface area contributed by atoms with Crippen LogP contribution in [0, 0.1) is 6.92 Å². The predicted molar refractivity (Wildman–Crippen MR) is 121 cm³/mol. The smallest absolute Gasteiger partial charge is 0.291 e. The molecule has 1 aliphatic rings. The second kappa shape index (κ2) is 7.80. The van der Waals surface area contributed by atoms with Crippen molar-refractivity contribution in [1.82, 2.24) is 9.88 Å². The molecule has 0 bridgehead atoms. The Labute approximate surface area is 189 Å². The quantitative estimate of drug-likeness (QED) is 0.445. The molecule has 6 nitrogen and oxygen atoms in total. The molecule has 3 heterocycles. The zero-order valence-electron chi connectivity index (χ0n) is 17.5. The van der Waals surface area contributed by atoms with Crippen LogP contribution in [0.4, 0.5) is 0 Å². The maximum Gasteiger partial charge on any atom is 0.291 e. The number of aromatic nitrogens is 1. The fourth-order valence-electron chi connectivity index (χ4n) is 4.15. The first-order valence-corrected chi connectivity index (χ1v) is 10.5. The molecule has 5 rings (SSSR count). The summed E-state index contributed by atoms with van der Waals surface area (Å²) >= 11 is 6.29. The van der Waals surface area contributed by atoms with E-state index in [-0.39, 0.29) is 23.6 Å². The molecule has 1 atom stereocenters. The summed E-state index contributed by atoms with van der Waals surface area (Å²) in [5, 5.41) is 0.822. The van der Waals surface area contributed by atoms with Gasteiger partial charge in [0.25, 0.3) is 5.91 Å². The molecule has 1 unspecified atom stereocenters. The van der Waals surface area contributed by atoms with Gasteiger partial charge < -0.3 is 14.1 Å². The second-order valence-electron chi connectivity index (χ2n) is 7.75. The predicted octanol–water partition coefficient (Wildman–Crippen LogP) is 4.90. The molecule has 4 aromatic rings. The number of hydrogen-bond acceptors (Lipinski definition) is 5. The molecular formula is C25H19ClN2O4. The van der Waals surface area contributed by atoms with Crippen LogP contribution in [0.3, 0.4) is 0 Å². The summed E-state index contributed by atoms with van der Waals surface area (Å²) < 4.78 is 11.4. The van der Waals surface area contributed by atoms with Gasteiger partial charge in [0.1, 0.15) is 11.3 Å². The Morgan fingerprint density at radius 2 is 2.00 bits per heavy atom. The highest BCUT2D eigenvalue weighted by Crippen LogP contribution is 2.40. The van der Waals surface area contributed by atoms with E-state index in [1.165, 1.54) is 0 Å². The number of methoxy groups -OCH3 is 1. The Balaban J connectivity index is 1.75. The Morgan fingerprint density at radius 3 is 2.75 bits per heavy atom. The monoisotopic (exact) mass is 446 g/mol. The molecule has 160 valence electrons. The number of fused-ring (bicyclic) bond motifs is 2. The van der Waals surface area contributed by atoms with Gasteiger partial charge in [0.2, 0.25) is 5.76 Å². The number of halogens is 1. The maximum atomic E-state index is 13.6. The van der Waals surface area contributed by atoms with Crippen LogP contribution in [-0.2, 0) is 6.54 Å². The minimum absolute atomic E-state index is 0.0564. The van der Waals surface area contributed by atoms with E-state index in [0.717, 1.165) is 16.7 Å². The molecule has 1 amide bonds. The van der Waals surface area contributed by atoms with E-state index >= 15 is 0 Å². The van der Waals surface area contributed by atoms with E-state index in [9.17, 15) is 9.59 Å². The third-order valence-electron chi connectivity index (χ3n) is 5.73. The number of ether oxygens (including phenoxy) is 1. The van der Waals surface area contributed by atoms with Gasteiger partial charge in [-0.15, -0.1) is 0 Å². The zero-order chi connectivity index (χ0) is 22.4. The van der Waals surface area contributed by atoms with Gasteiger partial charge in [-0.25, -0.2) is 0 Å². The highest BCUT2D eigenvalue weighted by atomic mass is 35.5. The highest BCUT2D eigenvalue weighted by Gasteiger charge is 2.43. The van der Waals surface area contributed by atoms with Crippen LogP contribution < -0.4 is 10.2 Å². The van der Waals surface area contributed by atoms with Gasteiger partial charge in [0, 0.05) is 24.0 Å². The SMILES string of the molecule is COc1cccc(C2c3c(oc4cc(C)c(Cl)cc4c3=O)C(=O)N2Cc2cccnc2)c1. The van der Waals surface area contributed by atoms with Crippen molar-refractivity contribution in [2.75, 3.05) is 7.11 Å². The first-order chi connectivity index (χ1) is 15.5. The van der Waals surface area contributed by atoms with Crippen molar-refractivity contribution in [3.63, 3.8) is 0 Å². The van der Waals surface area contributed by atoms with E-state index in [0.29, 0.717) is 27.3 Å². The average molecular weight is 447 g/mol. The van der Waals surface area contributed by atoms with Crippen LogP contribution in [0.25, 0.3) is 11.0 Å². The zero-order valence-corrected chi connectivity index (χ0v) is 18.2. The van der Waals surface area contributed by atoms with Crippen molar-refractivity contribution in [3.8, 4) is 5.75 Å². The van der Waals surface area contributed by atoms with Gasteiger partial charge in [-0.05, 0) is 53.9 Å². The van der Waals surface area contributed by atoms with Crippen molar-refractivity contribution in [2.24, 2.45) is 0 Å². The van der Waals surface area contributed by atoms with Crippen LogP contribution in [0.5, 0.6) is 5.75 Å². The Morgan fingerprint density at radius 1 is 1.16 bits per heavy atom. The van der Waals surface area contributed by atoms with E-state index in [2.05, 4.69) is 4.98 Å². The van der Waals surface area contributed by atoms with Crippen molar-refractivity contribution < 1.29 is 13.9 Å². The fraction of sp³-hybridized carbons (Fsp3) is 0.160. The molecule has 2 aromatic carbocycles. The van der Waals surface area contributed by atoms with E-state index in [4.69, 9.17) is 20.8 Å². The van der Waals surface area contributed by atoms with E-state index in [1.807, 2.05) is 43.3 Å². The molecule has 1 aliphatic heterocycles. The number of rotatable bonds is 4. The molecule has 0 aliphatic carbocycles. The molecule has 0 radical (unpaired) electrons. The maximum absolute atomic E-state index is 13.6. The lowest BCUT2D eigenvalue weighted by molar-refractivity contribution is 0.0714. The van der Waals surface area contributed by atoms with Gasteiger partial charge in [-0.3, -0.25) is 14.6 Å². The second-order valence-corrected chi connectivity index (χ2v) is 8.15. The van der Waals surface area contributed by atoms with Crippen molar-refractivity contribution in [1.29, 1.82) is 0 Å². The molecule has 7 heteroatoms. The fourth-order valence-corrected chi connectivity index (χ4v) is 4.31. The van der Waals surface area contributed by atoms with Gasteiger partial charge in [-0.1, -0.05) is 29.8 Å². The number of carbonyl (C=O) groups excluding carboxylic acids is 1. The number of aryl methyl sites for hydroxylation is 1. The van der Waals surface area contributed by atoms with Crippen molar-refractivity contribution in [3.05, 3.63) is 104 Å². The molecule has 0 saturated heterocycles. The summed E-state index contributed by atoms with van der Waals surface area (Å²) in [6.07, 6.45) is 3.38. The van der Waals surface area contributed by atoms with Crippen LogP contribution >= 0.6 is 11.6 Å². The Bertz CT molecular complexity index is 1420. The summed E-state index contributed by atoms with van der Waals surface area (Å²) in [4.78, 5) is 32.9. The number of benzene rings is 2. The molecule has 2 aromatic heterocycles. The average Bonchev–Trinajstić information content (AvgIpc) is 3.08. The minimum Gasteiger partial charge on any atom is -0.497 e. The number of nitrogens with zero attached hydrogens (tertiary/aromatic N) is 2. The van der Waals surface area contributed by atoms with Gasteiger partial charge in [0.15, 0.2) is 5.43 Å². The van der Waals surface area contributed by atoms with Crippen LogP contribution in [-0.4, -0.2) is 22.9 Å². The molecule has 0 spiro atoms. The number of carbonyl (C=O) groups is 1. The van der Waals surface area contributed by atoms with Crippen LogP contribution in [0.2, 0.25) is 5.02 Å². The summed E-state index contributed by atoms with van der Waals surface area (Å²) in [7, 11) is 1.58. The lowest BCUT2D eigenvalue weighted by atomic mass is 9.98. The van der Waals surface area contributed by atoms with E-state index in [1.54, 1.807) is 36.5 Å². The molecule has 0 saturated carbocycles. The minimum atomic E-state index is -0.631. The first-order valence-electron chi connectivity index (χ1n) is 10.1. The number of amides is 1. The lowest BCUT2D eigenvalue weighted by Crippen LogP contribution is -2.29. The number of pyridine rings is 1. The Hall–Kier alpha value is -3.64. The molecule has 32 heavy (non-hydrogen) atoms. The third-order valence-corrected chi connectivity index (χ3v) is 6.14. The standard InChI is InChI=1S/C25H19ClN2O4/c1-14-9-20-18(11-19(14)26)23(29)21-22(16-6-3-7-17(10-16)31-2)28(25(30)24(21)32-20)13-15-5-4-8-27-12-15/h3-12,22H,13H2,1-2H3. The molecular weight excluding hydrogens is 428 g/mol. The van der Waals surface area contributed by atoms with Gasteiger partial charge in [0.05, 0.1) is 24.1 Å². The van der Waals surface area contributed by atoms with Gasteiger partial charge in [-0.2, -0.15) is 0 Å². The van der Waals surface area contributed by atoms with E-state index < -0.39 is 6.04 Å². The highest BCUT2D eigenvalue weighted by molar-refractivity contribution is 6.32. The first kappa shape index (κ1) is 20.3.